The monoisotopic (exact) mass is 311 g/mol. The van der Waals surface area contributed by atoms with Gasteiger partial charge in [-0.25, -0.2) is 4.39 Å². The Kier molecular flexibility index (Phi) is 5.08. The Morgan fingerprint density at radius 3 is 3.00 bits per heavy atom. The van der Waals surface area contributed by atoms with Crippen LogP contribution in [0.15, 0.2) is 18.2 Å². The van der Waals surface area contributed by atoms with E-state index in [-0.39, 0.29) is 17.5 Å². The predicted molar refractivity (Wildman–Crippen MR) is 82.9 cm³/mol. The molecule has 114 valence electrons. The molecule has 1 fully saturated rings. The van der Waals surface area contributed by atoms with Crippen molar-refractivity contribution in [3.63, 3.8) is 0 Å². The predicted octanol–water partition coefficient (Wildman–Crippen LogP) is 0.801. The van der Waals surface area contributed by atoms with Gasteiger partial charge in [0.1, 0.15) is 16.8 Å². The lowest BCUT2D eigenvalue weighted by Crippen LogP contribution is -2.54. The number of benzene rings is 1. The van der Waals surface area contributed by atoms with Gasteiger partial charge in [-0.2, -0.15) is 0 Å². The van der Waals surface area contributed by atoms with Crippen LogP contribution in [0.25, 0.3) is 0 Å². The average Bonchev–Trinajstić information content (AvgIpc) is 2.47. The summed E-state index contributed by atoms with van der Waals surface area (Å²) < 4.78 is 19.6. The van der Waals surface area contributed by atoms with E-state index in [0.29, 0.717) is 30.9 Å². The van der Waals surface area contributed by atoms with Gasteiger partial charge in [-0.1, -0.05) is 12.2 Å². The molecule has 1 heterocycles. The number of hydrogen-bond acceptors (Lipinski definition) is 4. The number of anilines is 1. The van der Waals surface area contributed by atoms with E-state index in [1.165, 1.54) is 6.07 Å². The lowest BCUT2D eigenvalue weighted by Gasteiger charge is -2.36. The van der Waals surface area contributed by atoms with E-state index in [1.54, 1.807) is 17.0 Å². The summed E-state index contributed by atoms with van der Waals surface area (Å²) in [6.45, 7) is 3.50. The van der Waals surface area contributed by atoms with E-state index in [4.69, 9.17) is 22.7 Å². The summed E-state index contributed by atoms with van der Waals surface area (Å²) in [4.78, 5) is 13.9. The number of nitrogens with zero attached hydrogens (tertiary/aromatic N) is 1. The fourth-order valence-corrected chi connectivity index (χ4v) is 2.42. The van der Waals surface area contributed by atoms with Crippen LogP contribution < -0.4 is 16.0 Å². The van der Waals surface area contributed by atoms with Crippen LogP contribution in [-0.2, 0) is 9.53 Å². The first-order chi connectivity index (χ1) is 10.0. The lowest BCUT2D eigenvalue weighted by molar-refractivity contribution is -0.124. The number of morpholine rings is 1. The van der Waals surface area contributed by atoms with E-state index in [9.17, 15) is 9.18 Å². The summed E-state index contributed by atoms with van der Waals surface area (Å²) in [5.74, 6) is -0.619. The number of halogens is 1. The summed E-state index contributed by atoms with van der Waals surface area (Å²) in [5.41, 5.74) is 6.32. The fourth-order valence-electron chi connectivity index (χ4n) is 2.29. The zero-order valence-corrected chi connectivity index (χ0v) is 12.6. The third-order valence-corrected chi connectivity index (χ3v) is 3.56. The van der Waals surface area contributed by atoms with Crippen molar-refractivity contribution in [2.24, 2.45) is 5.73 Å². The van der Waals surface area contributed by atoms with E-state index in [1.807, 2.05) is 6.92 Å². The molecule has 1 unspecified atom stereocenters. The van der Waals surface area contributed by atoms with Crippen LogP contribution in [0, 0.1) is 5.82 Å². The smallest absolute Gasteiger partial charge is 0.245 e. The van der Waals surface area contributed by atoms with Gasteiger partial charge in [0.25, 0.3) is 0 Å². The fraction of sp³-hybridized carbons (Fsp3) is 0.429. The molecule has 0 saturated carbocycles. The normalized spacial score (nSPS) is 18.4. The topological polar surface area (TPSA) is 67.6 Å². The molecule has 1 aliphatic heterocycles. The van der Waals surface area contributed by atoms with Gasteiger partial charge in [0, 0.05) is 18.7 Å². The molecule has 0 spiro atoms. The first-order valence-corrected chi connectivity index (χ1v) is 7.17. The van der Waals surface area contributed by atoms with Gasteiger partial charge in [-0.3, -0.25) is 4.79 Å². The largest absolute Gasteiger partial charge is 0.389 e. The SMILES string of the molecule is CCNC(=O)C1COCCN1c1ccc(C(N)=S)cc1F. The highest BCUT2D eigenvalue weighted by atomic mass is 32.1. The highest BCUT2D eigenvalue weighted by Gasteiger charge is 2.30. The van der Waals surface area contributed by atoms with Crippen molar-refractivity contribution in [2.45, 2.75) is 13.0 Å². The molecule has 7 heteroatoms. The highest BCUT2D eigenvalue weighted by Crippen LogP contribution is 2.24. The average molecular weight is 311 g/mol. The van der Waals surface area contributed by atoms with Crippen molar-refractivity contribution in [1.29, 1.82) is 0 Å². The molecular formula is C14H18FN3O2S. The Hall–Kier alpha value is -1.73. The van der Waals surface area contributed by atoms with Crippen LogP contribution in [0.1, 0.15) is 12.5 Å². The highest BCUT2D eigenvalue weighted by molar-refractivity contribution is 7.80. The van der Waals surface area contributed by atoms with E-state index in [2.05, 4.69) is 5.32 Å². The maximum atomic E-state index is 14.3. The van der Waals surface area contributed by atoms with E-state index < -0.39 is 11.9 Å². The maximum Gasteiger partial charge on any atom is 0.245 e. The van der Waals surface area contributed by atoms with Gasteiger partial charge in [-0.05, 0) is 25.1 Å². The summed E-state index contributed by atoms with van der Waals surface area (Å²) in [6, 6.07) is 4.01. The lowest BCUT2D eigenvalue weighted by atomic mass is 10.1. The Labute approximate surface area is 128 Å². The molecule has 1 aromatic carbocycles. The molecule has 0 aromatic heterocycles. The Morgan fingerprint density at radius 1 is 1.62 bits per heavy atom. The molecule has 0 aliphatic carbocycles. The van der Waals surface area contributed by atoms with Crippen LogP contribution >= 0.6 is 12.2 Å². The molecule has 1 aromatic rings. The number of amides is 1. The number of likely N-dealkylation sites (N-methyl/N-ethyl adjacent to an activating group) is 1. The number of carbonyl (C=O) groups is 1. The number of ether oxygens (including phenoxy) is 1. The van der Waals surface area contributed by atoms with Crippen molar-refractivity contribution >= 4 is 28.8 Å². The van der Waals surface area contributed by atoms with E-state index in [0.717, 1.165) is 0 Å². The zero-order chi connectivity index (χ0) is 15.4. The van der Waals surface area contributed by atoms with Crippen molar-refractivity contribution in [1.82, 2.24) is 5.32 Å². The van der Waals surface area contributed by atoms with Gasteiger partial charge in [-0.15, -0.1) is 0 Å². The first kappa shape index (κ1) is 15.7. The minimum Gasteiger partial charge on any atom is -0.389 e. The van der Waals surface area contributed by atoms with Crippen LogP contribution in [-0.4, -0.2) is 43.2 Å². The Bertz CT molecular complexity index is 553. The standard InChI is InChI=1S/C14H18FN3O2S/c1-2-17-14(19)12-8-20-6-5-18(12)11-4-3-9(13(16)21)7-10(11)15/h3-4,7,12H,2,5-6,8H2,1H3,(H2,16,21)(H,17,19). The number of nitrogens with one attached hydrogen (secondary N) is 1. The van der Waals surface area contributed by atoms with Crippen LogP contribution in [0.2, 0.25) is 0 Å². The van der Waals surface area contributed by atoms with Crippen molar-refractivity contribution in [2.75, 3.05) is 31.2 Å². The zero-order valence-electron chi connectivity index (χ0n) is 11.8. The second-order valence-electron chi connectivity index (χ2n) is 4.71. The minimum absolute atomic E-state index is 0.141. The van der Waals surface area contributed by atoms with Gasteiger partial charge >= 0.3 is 0 Å². The van der Waals surface area contributed by atoms with Gasteiger partial charge < -0.3 is 20.7 Å². The summed E-state index contributed by atoms with van der Waals surface area (Å²) in [6.07, 6.45) is 0. The second kappa shape index (κ2) is 6.82. The van der Waals surface area contributed by atoms with E-state index >= 15 is 0 Å². The summed E-state index contributed by atoms with van der Waals surface area (Å²) in [7, 11) is 0. The maximum absolute atomic E-state index is 14.3. The molecule has 1 amide bonds. The number of nitrogens with two attached hydrogens (primary N) is 1. The Balaban J connectivity index is 2.29. The van der Waals surface area contributed by atoms with Gasteiger partial charge in [0.05, 0.1) is 18.9 Å². The summed E-state index contributed by atoms with van der Waals surface area (Å²) in [5, 5.41) is 2.74. The van der Waals surface area contributed by atoms with Crippen LogP contribution in [0.5, 0.6) is 0 Å². The number of thiocarbonyl (C=S) groups is 1. The van der Waals surface area contributed by atoms with Crippen molar-refractivity contribution in [3.8, 4) is 0 Å². The van der Waals surface area contributed by atoms with Gasteiger partial charge in [0.2, 0.25) is 5.91 Å². The van der Waals surface area contributed by atoms with Crippen molar-refractivity contribution in [3.05, 3.63) is 29.6 Å². The number of hydrogen-bond donors (Lipinski definition) is 2. The third kappa shape index (κ3) is 3.48. The molecule has 1 aliphatic rings. The summed E-state index contributed by atoms with van der Waals surface area (Å²) >= 11 is 4.83. The van der Waals surface area contributed by atoms with Crippen LogP contribution in [0.4, 0.5) is 10.1 Å². The third-order valence-electron chi connectivity index (χ3n) is 3.32. The molecular weight excluding hydrogens is 293 g/mol. The number of rotatable bonds is 4. The molecule has 21 heavy (non-hydrogen) atoms. The Morgan fingerprint density at radius 2 is 2.38 bits per heavy atom. The van der Waals surface area contributed by atoms with Crippen LogP contribution in [0.3, 0.4) is 0 Å². The quantitative estimate of drug-likeness (QED) is 0.805. The molecule has 5 nitrogen and oxygen atoms in total. The molecule has 1 atom stereocenters. The molecule has 3 N–H and O–H groups in total. The molecule has 2 rings (SSSR count). The molecule has 0 bridgehead atoms. The minimum atomic E-state index is -0.538. The second-order valence-corrected chi connectivity index (χ2v) is 5.15. The number of carbonyl (C=O) groups excluding carboxylic acids is 1. The molecule has 0 radical (unpaired) electrons. The molecule has 1 saturated heterocycles. The van der Waals surface area contributed by atoms with Crippen molar-refractivity contribution < 1.29 is 13.9 Å². The van der Waals surface area contributed by atoms with Gasteiger partial charge in [0.15, 0.2) is 0 Å². The first-order valence-electron chi connectivity index (χ1n) is 6.76.